The van der Waals surface area contributed by atoms with E-state index < -0.39 is 24.9 Å². The summed E-state index contributed by atoms with van der Waals surface area (Å²) in [5.74, 6) is -0.196. The first-order valence-electron chi connectivity index (χ1n) is 9.08. The summed E-state index contributed by atoms with van der Waals surface area (Å²) in [5, 5.41) is 21.7. The number of aromatic hydroxyl groups is 1. The lowest BCUT2D eigenvalue weighted by Gasteiger charge is -2.21. The highest BCUT2D eigenvalue weighted by Crippen LogP contribution is 2.46. The van der Waals surface area contributed by atoms with Crippen LogP contribution >= 0.6 is 0 Å². The molecule has 0 aliphatic heterocycles. The van der Waals surface area contributed by atoms with Gasteiger partial charge in [-0.05, 0) is 34.7 Å². The van der Waals surface area contributed by atoms with Gasteiger partial charge in [0, 0.05) is 16.5 Å². The number of sulfonamides is 2. The highest BCUT2D eigenvalue weighted by Gasteiger charge is 2.31. The first kappa shape index (κ1) is 21.0. The maximum atomic E-state index is 12.9. The summed E-state index contributed by atoms with van der Waals surface area (Å²) >= 11 is 0. The van der Waals surface area contributed by atoms with Gasteiger partial charge in [-0.2, -0.15) is 0 Å². The van der Waals surface area contributed by atoms with Crippen molar-refractivity contribution in [2.24, 2.45) is 10.3 Å². The number of primary sulfonamides is 2. The van der Waals surface area contributed by atoms with Crippen LogP contribution in [-0.4, -0.2) is 21.9 Å². The summed E-state index contributed by atoms with van der Waals surface area (Å²) in [6.45, 7) is 0. The van der Waals surface area contributed by atoms with Gasteiger partial charge in [0.25, 0.3) is 0 Å². The number of fused-ring (bicyclic) bond motifs is 1. The number of hydrogen-bond acceptors (Lipinski definition) is 5. The van der Waals surface area contributed by atoms with Gasteiger partial charge in [-0.15, -0.1) is 0 Å². The fraction of sp³-hybridized carbons (Fsp3) is 0. The fourth-order valence-corrected chi connectivity index (χ4v) is 5.82. The highest BCUT2D eigenvalue weighted by atomic mass is 32.2. The summed E-state index contributed by atoms with van der Waals surface area (Å²) in [4.78, 5) is -0.777. The largest absolute Gasteiger partial charge is 0.508 e. The Morgan fingerprint density at radius 1 is 0.581 bits per heavy atom. The van der Waals surface area contributed by atoms with Crippen LogP contribution < -0.4 is 10.3 Å². The van der Waals surface area contributed by atoms with Crippen molar-refractivity contribution in [1.82, 2.24) is 0 Å². The number of hydrogen-bond donors (Lipinski definition) is 3. The monoisotopic (exact) mass is 454 g/mol. The third-order valence-electron chi connectivity index (χ3n) is 4.89. The Hall–Kier alpha value is -3.24. The van der Waals surface area contributed by atoms with Crippen molar-refractivity contribution in [3.05, 3.63) is 78.9 Å². The number of phenolic OH excluding ortho intramolecular Hbond substituents is 1. The molecule has 0 heterocycles. The van der Waals surface area contributed by atoms with E-state index in [0.29, 0.717) is 11.1 Å². The summed E-state index contributed by atoms with van der Waals surface area (Å²) in [7, 11) is -8.87. The minimum Gasteiger partial charge on any atom is -0.508 e. The maximum Gasteiger partial charge on any atom is 0.239 e. The second-order valence-corrected chi connectivity index (χ2v) is 9.96. The van der Waals surface area contributed by atoms with Crippen molar-refractivity contribution in [3.8, 4) is 28.0 Å². The Morgan fingerprint density at radius 2 is 1.06 bits per heavy atom. The summed E-state index contributed by atoms with van der Waals surface area (Å²) in [6, 6.07) is 20.8. The van der Waals surface area contributed by atoms with Crippen LogP contribution in [-0.2, 0) is 20.0 Å². The van der Waals surface area contributed by atoms with Crippen LogP contribution in [0.4, 0.5) is 0 Å². The van der Waals surface area contributed by atoms with E-state index in [1.807, 2.05) is 0 Å². The van der Waals surface area contributed by atoms with Crippen LogP contribution in [0.25, 0.3) is 33.0 Å². The zero-order chi connectivity index (χ0) is 22.4. The molecule has 0 fully saturated rings. The van der Waals surface area contributed by atoms with Crippen LogP contribution in [0.3, 0.4) is 0 Å². The van der Waals surface area contributed by atoms with Crippen molar-refractivity contribution in [2.75, 3.05) is 0 Å². The number of phenols is 1. The molecule has 4 rings (SSSR count). The van der Waals surface area contributed by atoms with Gasteiger partial charge in [-0.25, -0.2) is 27.1 Å². The molecule has 0 atom stereocenters. The highest BCUT2D eigenvalue weighted by molar-refractivity contribution is 7.90. The molecule has 0 aromatic heterocycles. The molecule has 0 aliphatic rings. The predicted octanol–water partition coefficient (Wildman–Crippen LogP) is 3.17. The minimum absolute atomic E-state index is 0.0904. The van der Waals surface area contributed by atoms with E-state index in [-0.39, 0.29) is 32.5 Å². The topological polar surface area (TPSA) is 141 Å². The molecule has 0 aliphatic carbocycles. The molecule has 4 aromatic rings. The molecule has 158 valence electrons. The van der Waals surface area contributed by atoms with E-state index in [1.165, 1.54) is 18.2 Å². The Bertz CT molecular complexity index is 1520. The molecule has 0 bridgehead atoms. The van der Waals surface area contributed by atoms with Gasteiger partial charge in [0.2, 0.25) is 20.0 Å². The predicted molar refractivity (Wildman–Crippen MR) is 119 cm³/mol. The van der Waals surface area contributed by atoms with Gasteiger partial charge in [-0.3, -0.25) is 0 Å². The molecule has 31 heavy (non-hydrogen) atoms. The molecule has 0 radical (unpaired) electrons. The van der Waals surface area contributed by atoms with E-state index in [0.717, 1.165) is 0 Å². The van der Waals surface area contributed by atoms with Gasteiger partial charge < -0.3 is 5.11 Å². The van der Waals surface area contributed by atoms with Crippen molar-refractivity contribution in [1.29, 1.82) is 0 Å². The lowest BCUT2D eigenvalue weighted by molar-refractivity contribution is 0.476. The van der Waals surface area contributed by atoms with E-state index in [1.54, 1.807) is 60.7 Å². The number of benzene rings is 4. The number of rotatable bonds is 4. The van der Waals surface area contributed by atoms with E-state index in [2.05, 4.69) is 0 Å². The molecule has 5 N–H and O–H groups in total. The Labute approximate surface area is 179 Å². The van der Waals surface area contributed by atoms with E-state index in [4.69, 9.17) is 10.3 Å². The van der Waals surface area contributed by atoms with Crippen molar-refractivity contribution < 1.29 is 21.9 Å². The molecule has 9 heteroatoms. The van der Waals surface area contributed by atoms with Crippen LogP contribution in [0.15, 0.2) is 88.7 Å². The molecule has 0 saturated heterocycles. The quantitative estimate of drug-likeness (QED) is 0.434. The standard InChI is InChI=1S/C22H18N2O5S2/c23-30(26,27)21-18-13-16(25)11-12-17(18)19(14-7-3-1-4-8-14)22(31(24,28)29)20(21)15-9-5-2-6-10-15/h1-13,25H,(H2,23,26,27)(H2,24,28,29). The van der Waals surface area contributed by atoms with Gasteiger partial charge in [0.15, 0.2) is 0 Å². The normalized spacial score (nSPS) is 12.2. The van der Waals surface area contributed by atoms with E-state index >= 15 is 0 Å². The second kappa shape index (κ2) is 7.47. The van der Waals surface area contributed by atoms with Crippen molar-refractivity contribution >= 4 is 30.8 Å². The van der Waals surface area contributed by atoms with Gasteiger partial charge in [-0.1, -0.05) is 60.7 Å². The smallest absolute Gasteiger partial charge is 0.239 e. The first-order chi connectivity index (χ1) is 14.6. The van der Waals surface area contributed by atoms with Crippen molar-refractivity contribution in [2.45, 2.75) is 9.79 Å². The fourth-order valence-electron chi connectivity index (χ4n) is 3.76. The van der Waals surface area contributed by atoms with Crippen LogP contribution in [0, 0.1) is 0 Å². The van der Waals surface area contributed by atoms with Crippen LogP contribution in [0.1, 0.15) is 0 Å². The molecule has 4 aromatic carbocycles. The molecule has 0 unspecified atom stereocenters. The second-order valence-electron chi connectivity index (χ2n) is 6.96. The summed E-state index contributed by atoms with van der Waals surface area (Å²) < 4.78 is 51.3. The molecule has 0 amide bonds. The summed E-state index contributed by atoms with van der Waals surface area (Å²) in [5.41, 5.74) is 0.908. The summed E-state index contributed by atoms with van der Waals surface area (Å²) in [6.07, 6.45) is 0. The average molecular weight is 455 g/mol. The number of nitrogens with two attached hydrogens (primary N) is 2. The average Bonchev–Trinajstić information content (AvgIpc) is 2.71. The Balaban J connectivity index is 2.42. The molecular weight excluding hydrogens is 436 g/mol. The SMILES string of the molecule is NS(=O)(=O)c1c(-c2ccccc2)c(S(N)(=O)=O)c2cc(O)ccc2c1-c1ccccc1. The molecule has 0 spiro atoms. The Kier molecular flexibility index (Phi) is 5.06. The molecule has 7 nitrogen and oxygen atoms in total. The molecule has 0 saturated carbocycles. The molecular formula is C22H18N2O5S2. The lowest BCUT2D eigenvalue weighted by atomic mass is 9.92. The third-order valence-corrected chi connectivity index (χ3v) is 6.86. The zero-order valence-corrected chi connectivity index (χ0v) is 17.7. The maximum absolute atomic E-state index is 12.9. The van der Waals surface area contributed by atoms with Gasteiger partial charge in [0.05, 0.1) is 9.79 Å². The van der Waals surface area contributed by atoms with E-state index in [9.17, 15) is 21.9 Å². The van der Waals surface area contributed by atoms with Crippen LogP contribution in [0.2, 0.25) is 0 Å². The van der Waals surface area contributed by atoms with Crippen LogP contribution in [0.5, 0.6) is 5.75 Å². The van der Waals surface area contributed by atoms with Gasteiger partial charge in [0.1, 0.15) is 5.75 Å². The third kappa shape index (κ3) is 3.79. The lowest BCUT2D eigenvalue weighted by Crippen LogP contribution is -2.20. The first-order valence-corrected chi connectivity index (χ1v) is 12.2. The zero-order valence-electron chi connectivity index (χ0n) is 16.1. The van der Waals surface area contributed by atoms with Crippen molar-refractivity contribution in [3.63, 3.8) is 0 Å². The minimum atomic E-state index is -4.44. The Morgan fingerprint density at radius 3 is 1.55 bits per heavy atom. The van der Waals surface area contributed by atoms with Gasteiger partial charge >= 0.3 is 0 Å².